The van der Waals surface area contributed by atoms with Crippen LogP contribution < -0.4 is 5.32 Å². The first-order valence-corrected chi connectivity index (χ1v) is 14.5. The number of aliphatic hydroxyl groups excluding tert-OH is 1. The fourth-order valence-electron chi connectivity index (χ4n) is 4.88. The van der Waals surface area contributed by atoms with Crippen molar-refractivity contribution in [3.8, 4) is 0 Å². The fourth-order valence-corrected chi connectivity index (χ4v) is 4.88. The molecule has 1 aliphatic rings. The highest BCUT2D eigenvalue weighted by molar-refractivity contribution is 6.01. The molecule has 2 rings (SSSR count). The molecule has 1 aromatic rings. The van der Waals surface area contributed by atoms with Crippen LogP contribution >= 0.6 is 0 Å². The first-order valence-electron chi connectivity index (χ1n) is 14.5. The number of nitrogens with one attached hydrogen (secondary N) is 1. The van der Waals surface area contributed by atoms with E-state index in [9.17, 15) is 4.79 Å². The number of benzene rings is 1. The van der Waals surface area contributed by atoms with E-state index in [0.717, 1.165) is 45.0 Å². The summed E-state index contributed by atoms with van der Waals surface area (Å²) in [6.45, 7) is 21.1. The summed E-state index contributed by atoms with van der Waals surface area (Å²) in [5.41, 5.74) is 5.91. The Hall–Kier alpha value is -2.17. The lowest BCUT2D eigenvalue weighted by Crippen LogP contribution is -2.31. The lowest BCUT2D eigenvalue weighted by Gasteiger charge is -2.27. The van der Waals surface area contributed by atoms with Crippen LogP contribution in [0, 0.1) is 5.92 Å². The first-order chi connectivity index (χ1) is 17.8. The molecular weight excluding hydrogens is 456 g/mol. The molecule has 4 heteroatoms. The molecule has 2 N–H and O–H groups in total. The molecule has 210 valence electrons. The maximum absolute atomic E-state index is 13.5. The minimum atomic E-state index is -0.0261. The summed E-state index contributed by atoms with van der Waals surface area (Å²) in [7, 11) is 1.00. The van der Waals surface area contributed by atoms with E-state index in [1.54, 1.807) is 0 Å². The third-order valence-corrected chi connectivity index (χ3v) is 6.86. The van der Waals surface area contributed by atoms with Crippen LogP contribution in [0.15, 0.2) is 64.9 Å². The zero-order valence-corrected chi connectivity index (χ0v) is 25.5. The molecule has 1 heterocycles. The standard InChI is InChI=1S/C30H46N2O.C2H6.CH4O/c1-8-15-26(32-19-14-16-23(32)6)20-28(30(33)22(4)5)27(9-2)24(7)29(10-3)31-21-25-17-12-11-13-18-25;2*1-2/h11-13,15,17-18,20,22-23,29,31H,8-10,14,16,19,21H2,1-7H3;1-2H3;2H,1H3/b26-15-,27-24+,28-20+;;. The SMILES string of the molecule is CC.CC/C=C(/C=C(C(=O)C(C)C)\C(CC)=C(/C)C(CC)NCc1ccccc1)N1CCCC1C.CO. The van der Waals surface area contributed by atoms with Crippen molar-refractivity contribution in [1.82, 2.24) is 10.2 Å². The van der Waals surface area contributed by atoms with E-state index in [2.05, 4.69) is 87.3 Å². The molecule has 1 aliphatic heterocycles. The van der Waals surface area contributed by atoms with Gasteiger partial charge in [0.2, 0.25) is 0 Å². The van der Waals surface area contributed by atoms with Gasteiger partial charge in [0.05, 0.1) is 0 Å². The van der Waals surface area contributed by atoms with Gasteiger partial charge in [0.15, 0.2) is 5.78 Å². The Morgan fingerprint density at radius 2 is 1.76 bits per heavy atom. The highest BCUT2D eigenvalue weighted by Gasteiger charge is 2.25. The van der Waals surface area contributed by atoms with E-state index in [1.807, 2.05) is 27.7 Å². The van der Waals surface area contributed by atoms with Crippen molar-refractivity contribution >= 4 is 5.78 Å². The highest BCUT2D eigenvalue weighted by atomic mass is 16.2. The number of nitrogens with zero attached hydrogens (tertiary/aromatic N) is 1. The molecule has 2 atom stereocenters. The normalized spacial score (nSPS) is 17.4. The molecule has 0 bridgehead atoms. The molecule has 1 saturated heterocycles. The van der Waals surface area contributed by atoms with E-state index < -0.39 is 0 Å². The molecule has 0 amide bonds. The molecule has 4 nitrogen and oxygen atoms in total. The zero-order chi connectivity index (χ0) is 28.4. The second-order valence-electron chi connectivity index (χ2n) is 9.64. The Labute approximate surface area is 228 Å². The molecular formula is C33H56N2O2. The minimum Gasteiger partial charge on any atom is -0.400 e. The quantitative estimate of drug-likeness (QED) is 0.221. The van der Waals surface area contributed by atoms with Crippen LogP contribution in [0.4, 0.5) is 0 Å². The number of carbonyl (C=O) groups is 1. The van der Waals surface area contributed by atoms with Gasteiger partial charge in [-0.2, -0.15) is 0 Å². The van der Waals surface area contributed by atoms with Gasteiger partial charge in [-0.15, -0.1) is 0 Å². The predicted octanol–water partition coefficient (Wildman–Crippen LogP) is 7.85. The largest absolute Gasteiger partial charge is 0.400 e. The van der Waals surface area contributed by atoms with Gasteiger partial charge in [-0.25, -0.2) is 0 Å². The van der Waals surface area contributed by atoms with E-state index in [0.29, 0.717) is 6.04 Å². The average Bonchev–Trinajstić information content (AvgIpc) is 3.36. The molecule has 0 spiro atoms. The van der Waals surface area contributed by atoms with E-state index >= 15 is 0 Å². The Balaban J connectivity index is 0.00000308. The number of aliphatic hydroxyl groups is 1. The average molecular weight is 513 g/mol. The topological polar surface area (TPSA) is 52.6 Å². The number of hydrogen-bond donors (Lipinski definition) is 2. The van der Waals surface area contributed by atoms with Crippen LogP contribution in [-0.2, 0) is 11.3 Å². The second kappa shape index (κ2) is 19.9. The van der Waals surface area contributed by atoms with Gasteiger partial charge in [-0.1, -0.05) is 90.4 Å². The summed E-state index contributed by atoms with van der Waals surface area (Å²) >= 11 is 0. The summed E-state index contributed by atoms with van der Waals surface area (Å²) < 4.78 is 0. The van der Waals surface area contributed by atoms with E-state index in [4.69, 9.17) is 5.11 Å². The summed E-state index contributed by atoms with van der Waals surface area (Å²) in [6.07, 6.45) is 9.77. The van der Waals surface area contributed by atoms with Gasteiger partial charge in [0, 0.05) is 49.5 Å². The maximum Gasteiger partial charge on any atom is 0.165 e. The number of Topliss-reactive ketones (excluding diaryl/α,β-unsaturated/α-hetero) is 1. The number of rotatable bonds is 12. The van der Waals surface area contributed by atoms with Crippen LogP contribution in [0.25, 0.3) is 0 Å². The van der Waals surface area contributed by atoms with Crippen molar-refractivity contribution in [3.05, 3.63) is 70.5 Å². The summed E-state index contributed by atoms with van der Waals surface area (Å²) in [6, 6.07) is 11.3. The van der Waals surface area contributed by atoms with Gasteiger partial charge < -0.3 is 15.3 Å². The van der Waals surface area contributed by atoms with Gasteiger partial charge in [-0.3, -0.25) is 4.79 Å². The summed E-state index contributed by atoms with van der Waals surface area (Å²) in [4.78, 5) is 16.0. The molecule has 0 saturated carbocycles. The van der Waals surface area contributed by atoms with E-state index in [-0.39, 0.29) is 17.7 Å². The van der Waals surface area contributed by atoms with Crippen LogP contribution in [0.5, 0.6) is 0 Å². The minimum absolute atomic E-state index is 0.0261. The monoisotopic (exact) mass is 512 g/mol. The lowest BCUT2D eigenvalue weighted by molar-refractivity contribution is -0.118. The number of allylic oxidation sites excluding steroid dienone is 4. The third kappa shape index (κ3) is 11.0. The van der Waals surface area contributed by atoms with Gasteiger partial charge in [-0.05, 0) is 63.2 Å². The first kappa shape index (κ1) is 34.8. The Morgan fingerprint density at radius 3 is 2.22 bits per heavy atom. The van der Waals surface area contributed by atoms with Crippen LogP contribution in [-0.4, -0.2) is 41.5 Å². The highest BCUT2D eigenvalue weighted by Crippen LogP contribution is 2.30. The molecule has 0 aromatic heterocycles. The molecule has 0 aliphatic carbocycles. The molecule has 37 heavy (non-hydrogen) atoms. The van der Waals surface area contributed by atoms with Gasteiger partial charge in [0.25, 0.3) is 0 Å². The fraction of sp³-hybridized carbons (Fsp3) is 0.606. The number of likely N-dealkylation sites (tertiary alicyclic amines) is 1. The van der Waals surface area contributed by atoms with Crippen LogP contribution in [0.1, 0.15) is 100.0 Å². The molecule has 0 radical (unpaired) electrons. The predicted molar refractivity (Wildman–Crippen MR) is 162 cm³/mol. The number of carbonyl (C=O) groups excluding carboxylic acids is 1. The number of ketones is 1. The van der Waals surface area contributed by atoms with Crippen molar-refractivity contribution in [2.45, 2.75) is 113 Å². The zero-order valence-electron chi connectivity index (χ0n) is 25.5. The second-order valence-corrected chi connectivity index (χ2v) is 9.64. The van der Waals surface area contributed by atoms with Crippen molar-refractivity contribution in [2.75, 3.05) is 13.7 Å². The Bertz CT molecular complexity index is 852. The van der Waals surface area contributed by atoms with Crippen molar-refractivity contribution in [1.29, 1.82) is 0 Å². The maximum atomic E-state index is 13.5. The van der Waals surface area contributed by atoms with E-state index in [1.165, 1.54) is 35.2 Å². The number of hydrogen-bond acceptors (Lipinski definition) is 4. The molecule has 1 aromatic carbocycles. The third-order valence-electron chi connectivity index (χ3n) is 6.86. The lowest BCUT2D eigenvalue weighted by atomic mass is 9.86. The summed E-state index contributed by atoms with van der Waals surface area (Å²) in [5.74, 6) is 0.222. The smallest absolute Gasteiger partial charge is 0.165 e. The molecule has 2 unspecified atom stereocenters. The van der Waals surface area contributed by atoms with Crippen molar-refractivity contribution in [3.63, 3.8) is 0 Å². The van der Waals surface area contributed by atoms with Gasteiger partial charge in [0.1, 0.15) is 0 Å². The van der Waals surface area contributed by atoms with Crippen LogP contribution in [0.3, 0.4) is 0 Å². The van der Waals surface area contributed by atoms with Gasteiger partial charge >= 0.3 is 0 Å². The van der Waals surface area contributed by atoms with Crippen LogP contribution in [0.2, 0.25) is 0 Å². The van der Waals surface area contributed by atoms with Crippen molar-refractivity contribution in [2.24, 2.45) is 5.92 Å². The Kier molecular flexibility index (Phi) is 18.7. The Morgan fingerprint density at radius 1 is 1.14 bits per heavy atom. The van der Waals surface area contributed by atoms with Crippen molar-refractivity contribution < 1.29 is 9.90 Å². The molecule has 1 fully saturated rings. The summed E-state index contributed by atoms with van der Waals surface area (Å²) in [5, 5.41) is 10.7.